The molecule has 0 spiro atoms. The minimum absolute atomic E-state index is 0.313. The van der Waals surface area contributed by atoms with E-state index in [4.69, 9.17) is 4.74 Å². The molecule has 0 radical (unpaired) electrons. The third kappa shape index (κ3) is 3.10. The van der Waals surface area contributed by atoms with Gasteiger partial charge in [0.25, 0.3) is 0 Å². The summed E-state index contributed by atoms with van der Waals surface area (Å²) in [5.41, 5.74) is 4.90. The lowest BCUT2D eigenvalue weighted by Gasteiger charge is -2.11. The van der Waals surface area contributed by atoms with Crippen LogP contribution in [0.1, 0.15) is 5.69 Å². The third-order valence-electron chi connectivity index (χ3n) is 5.05. The molecule has 0 aliphatic heterocycles. The number of halogens is 1. The summed E-state index contributed by atoms with van der Waals surface area (Å²) in [6.07, 6.45) is 3.41. The number of nitrogens with zero attached hydrogens (tertiary/aromatic N) is 3. The van der Waals surface area contributed by atoms with Gasteiger partial charge in [-0.05, 0) is 48.9 Å². The molecule has 30 heavy (non-hydrogen) atoms. The van der Waals surface area contributed by atoms with Crippen LogP contribution in [0.15, 0.2) is 61.1 Å². The molecule has 3 heterocycles. The average molecular weight is 399 g/mol. The largest absolute Gasteiger partial charge is 0.497 e. The smallest absolute Gasteiger partial charge is 0.150 e. The highest BCUT2D eigenvalue weighted by Crippen LogP contribution is 2.33. The maximum Gasteiger partial charge on any atom is 0.150 e. The van der Waals surface area contributed by atoms with Gasteiger partial charge in [-0.3, -0.25) is 0 Å². The monoisotopic (exact) mass is 399 g/mol. The van der Waals surface area contributed by atoms with Gasteiger partial charge < -0.3 is 15.0 Å². The molecule has 7 heteroatoms. The van der Waals surface area contributed by atoms with E-state index >= 15 is 0 Å². The fourth-order valence-corrected chi connectivity index (χ4v) is 3.52. The van der Waals surface area contributed by atoms with E-state index in [0.29, 0.717) is 17.3 Å². The minimum Gasteiger partial charge on any atom is -0.497 e. The quantitative estimate of drug-likeness (QED) is 0.425. The first kappa shape index (κ1) is 18.1. The highest BCUT2D eigenvalue weighted by Gasteiger charge is 2.12. The number of aromatic nitrogens is 4. The van der Waals surface area contributed by atoms with Crippen molar-refractivity contribution in [2.45, 2.75) is 6.92 Å². The molecule has 0 atom stereocenters. The molecule has 6 nitrogen and oxygen atoms in total. The average Bonchev–Trinajstić information content (AvgIpc) is 3.18. The number of ether oxygens (including phenoxy) is 1. The van der Waals surface area contributed by atoms with Crippen LogP contribution in [0.3, 0.4) is 0 Å². The number of H-pyrrole nitrogens is 1. The van der Waals surface area contributed by atoms with Crippen LogP contribution in [0.25, 0.3) is 33.1 Å². The maximum atomic E-state index is 14.4. The second-order valence-corrected chi connectivity index (χ2v) is 6.98. The number of aryl methyl sites for hydroxylation is 1. The first-order valence-electron chi connectivity index (χ1n) is 9.43. The lowest BCUT2D eigenvalue weighted by molar-refractivity contribution is 0.411. The molecule has 0 amide bonds. The second-order valence-electron chi connectivity index (χ2n) is 6.98. The van der Waals surface area contributed by atoms with Crippen molar-refractivity contribution in [3.05, 3.63) is 72.6 Å². The third-order valence-corrected chi connectivity index (χ3v) is 5.05. The Morgan fingerprint density at radius 1 is 1.00 bits per heavy atom. The molecule has 5 aromatic rings. The number of benzene rings is 2. The van der Waals surface area contributed by atoms with Gasteiger partial charge in [-0.1, -0.05) is 6.07 Å². The number of pyridine rings is 1. The zero-order chi connectivity index (χ0) is 20.7. The van der Waals surface area contributed by atoms with E-state index < -0.39 is 5.82 Å². The number of hydrogen-bond donors (Lipinski definition) is 2. The molecule has 148 valence electrons. The molecule has 0 saturated carbocycles. The molecular formula is C23H18FN5O. The number of methoxy groups -OCH3 is 1. The summed E-state index contributed by atoms with van der Waals surface area (Å²) < 4.78 is 19.5. The van der Waals surface area contributed by atoms with E-state index in [1.165, 1.54) is 19.5 Å². The molecule has 0 fully saturated rings. The van der Waals surface area contributed by atoms with Crippen LogP contribution in [0.5, 0.6) is 5.75 Å². The van der Waals surface area contributed by atoms with Crippen LogP contribution in [0.4, 0.5) is 15.9 Å². The molecule has 2 N–H and O–H groups in total. The van der Waals surface area contributed by atoms with Crippen molar-refractivity contribution in [1.29, 1.82) is 0 Å². The molecule has 0 aliphatic carbocycles. The van der Waals surface area contributed by atoms with Gasteiger partial charge in [-0.2, -0.15) is 0 Å². The van der Waals surface area contributed by atoms with E-state index in [-0.39, 0.29) is 0 Å². The Labute approximate surface area is 171 Å². The summed E-state index contributed by atoms with van der Waals surface area (Å²) in [5, 5.41) is 4.91. The number of rotatable bonds is 4. The van der Waals surface area contributed by atoms with Crippen LogP contribution in [0, 0.1) is 12.7 Å². The Balaban J connectivity index is 1.60. The van der Waals surface area contributed by atoms with Crippen molar-refractivity contribution >= 4 is 33.4 Å². The number of fused-ring (bicyclic) bond motifs is 2. The Hall–Kier alpha value is -4.00. The molecule has 5 rings (SSSR count). The van der Waals surface area contributed by atoms with Crippen LogP contribution in [-0.4, -0.2) is 27.0 Å². The van der Waals surface area contributed by atoms with Gasteiger partial charge in [0.1, 0.15) is 29.4 Å². The van der Waals surface area contributed by atoms with Gasteiger partial charge in [0.2, 0.25) is 0 Å². The topological polar surface area (TPSA) is 75.7 Å². The summed E-state index contributed by atoms with van der Waals surface area (Å²) in [5.74, 6) is 0.561. The van der Waals surface area contributed by atoms with E-state index in [1.807, 2.05) is 37.4 Å². The zero-order valence-corrected chi connectivity index (χ0v) is 16.4. The predicted molar refractivity (Wildman–Crippen MR) is 116 cm³/mol. The van der Waals surface area contributed by atoms with Gasteiger partial charge in [0.15, 0.2) is 0 Å². The van der Waals surface area contributed by atoms with E-state index in [9.17, 15) is 4.39 Å². The molecule has 0 unspecified atom stereocenters. The van der Waals surface area contributed by atoms with Crippen molar-refractivity contribution < 1.29 is 9.13 Å². The second kappa shape index (κ2) is 7.11. The van der Waals surface area contributed by atoms with E-state index in [2.05, 4.69) is 31.3 Å². The maximum absolute atomic E-state index is 14.4. The fraction of sp³-hybridized carbons (Fsp3) is 0.0870. The first-order chi connectivity index (χ1) is 14.6. The number of aromatic amines is 1. The zero-order valence-electron chi connectivity index (χ0n) is 16.4. The van der Waals surface area contributed by atoms with Crippen molar-refractivity contribution in [1.82, 2.24) is 19.9 Å². The Morgan fingerprint density at radius 3 is 2.73 bits per heavy atom. The van der Waals surface area contributed by atoms with Crippen molar-refractivity contribution in [2.24, 2.45) is 0 Å². The lowest BCUT2D eigenvalue weighted by atomic mass is 10.0. The minimum atomic E-state index is -0.421. The van der Waals surface area contributed by atoms with Crippen LogP contribution >= 0.6 is 0 Å². The molecule has 0 saturated heterocycles. The van der Waals surface area contributed by atoms with Crippen molar-refractivity contribution in [3.63, 3.8) is 0 Å². The number of nitrogens with one attached hydrogen (secondary N) is 2. The molecule has 3 aromatic heterocycles. The van der Waals surface area contributed by atoms with Crippen molar-refractivity contribution in [2.75, 3.05) is 12.4 Å². The summed E-state index contributed by atoms with van der Waals surface area (Å²) >= 11 is 0. The van der Waals surface area contributed by atoms with E-state index in [0.717, 1.165) is 38.8 Å². The Kier molecular flexibility index (Phi) is 4.28. The normalized spacial score (nSPS) is 11.2. The summed E-state index contributed by atoms with van der Waals surface area (Å²) in [7, 11) is 1.50. The number of hydrogen-bond acceptors (Lipinski definition) is 5. The van der Waals surface area contributed by atoms with Gasteiger partial charge in [0.05, 0.1) is 18.3 Å². The predicted octanol–water partition coefficient (Wildman–Crippen LogP) is 5.37. The Bertz CT molecular complexity index is 1400. The van der Waals surface area contributed by atoms with Crippen LogP contribution in [0.2, 0.25) is 0 Å². The first-order valence-corrected chi connectivity index (χ1v) is 9.43. The molecule has 0 aliphatic rings. The van der Waals surface area contributed by atoms with Gasteiger partial charge >= 0.3 is 0 Å². The van der Waals surface area contributed by atoms with E-state index in [1.54, 1.807) is 12.1 Å². The SMILES string of the molecule is COc1ccc(Nc2ncnc3ccc(-c4c[nH]c5nc(C)ccc45)cc23)c(F)c1. The summed E-state index contributed by atoms with van der Waals surface area (Å²) in [6.45, 7) is 1.96. The fourth-order valence-electron chi connectivity index (χ4n) is 3.52. The molecular weight excluding hydrogens is 381 g/mol. The highest BCUT2D eigenvalue weighted by atomic mass is 19.1. The molecule has 2 aromatic carbocycles. The number of anilines is 2. The van der Waals surface area contributed by atoms with Gasteiger partial charge in [0, 0.05) is 34.3 Å². The summed E-state index contributed by atoms with van der Waals surface area (Å²) in [6, 6.07) is 14.6. The van der Waals surface area contributed by atoms with Gasteiger partial charge in [-0.15, -0.1) is 0 Å². The van der Waals surface area contributed by atoms with Gasteiger partial charge in [-0.25, -0.2) is 19.3 Å². The van der Waals surface area contributed by atoms with Crippen LogP contribution in [-0.2, 0) is 0 Å². The molecule has 0 bridgehead atoms. The highest BCUT2D eigenvalue weighted by molar-refractivity contribution is 5.99. The Morgan fingerprint density at radius 2 is 1.90 bits per heavy atom. The summed E-state index contributed by atoms with van der Waals surface area (Å²) in [4.78, 5) is 16.5. The van der Waals surface area contributed by atoms with Crippen LogP contribution < -0.4 is 10.1 Å². The van der Waals surface area contributed by atoms with Crippen molar-refractivity contribution in [3.8, 4) is 16.9 Å². The lowest BCUT2D eigenvalue weighted by Crippen LogP contribution is -1.99. The standard InChI is InChI=1S/C23H18FN5O/c1-13-3-6-16-18(11-25-22(16)28-13)14-4-7-20-17(9-14)23(27-12-26-20)29-21-8-5-15(30-2)10-19(21)24/h3-12H,1-2H3,(H,25,28)(H,26,27,29).